The lowest BCUT2D eigenvalue weighted by molar-refractivity contribution is 0.0740. The summed E-state index contributed by atoms with van der Waals surface area (Å²) >= 11 is 3.45. The molecular formula is C14H21BrN2O. The fourth-order valence-corrected chi connectivity index (χ4v) is 2.19. The summed E-state index contributed by atoms with van der Waals surface area (Å²) in [5.74, 6) is 0.0373. The van der Waals surface area contributed by atoms with Gasteiger partial charge >= 0.3 is 0 Å². The van der Waals surface area contributed by atoms with Crippen LogP contribution in [-0.2, 0) is 0 Å². The number of nitrogens with zero attached hydrogens (tertiary/aromatic N) is 1. The maximum Gasteiger partial charge on any atom is 0.253 e. The van der Waals surface area contributed by atoms with Gasteiger partial charge in [0.2, 0.25) is 0 Å². The maximum atomic E-state index is 12.4. The Morgan fingerprint density at radius 2 is 2.06 bits per heavy atom. The number of rotatable bonds is 4. The normalized spacial score (nSPS) is 11.4. The average Bonchev–Trinajstić information content (AvgIpc) is 2.31. The van der Waals surface area contributed by atoms with Crippen LogP contribution in [0.4, 0.5) is 0 Å². The van der Waals surface area contributed by atoms with Gasteiger partial charge in [0.15, 0.2) is 0 Å². The highest BCUT2D eigenvalue weighted by molar-refractivity contribution is 9.10. The second-order valence-corrected chi connectivity index (χ2v) is 6.30. The van der Waals surface area contributed by atoms with E-state index in [1.165, 1.54) is 0 Å². The molecule has 4 heteroatoms. The standard InChI is InChI=1S/C14H21BrN2O/c1-10-11(6-5-7-12(10)15)13(18)17(4)9-14(2,3)8-16/h5-7H,8-9,16H2,1-4H3. The first-order chi connectivity index (χ1) is 8.28. The van der Waals surface area contributed by atoms with Crippen molar-refractivity contribution >= 4 is 21.8 Å². The Hall–Kier alpha value is -0.870. The number of amides is 1. The first-order valence-corrected chi connectivity index (χ1v) is 6.78. The van der Waals surface area contributed by atoms with Gasteiger partial charge in [-0.15, -0.1) is 0 Å². The molecule has 0 aliphatic rings. The Kier molecular flexibility index (Phi) is 4.93. The molecule has 0 unspecified atom stereocenters. The van der Waals surface area contributed by atoms with Gasteiger partial charge in [0.25, 0.3) is 5.91 Å². The summed E-state index contributed by atoms with van der Waals surface area (Å²) in [6.07, 6.45) is 0. The van der Waals surface area contributed by atoms with Crippen LogP contribution in [0, 0.1) is 12.3 Å². The number of halogens is 1. The van der Waals surface area contributed by atoms with Crippen LogP contribution in [0.2, 0.25) is 0 Å². The largest absolute Gasteiger partial charge is 0.341 e. The highest BCUT2D eigenvalue weighted by atomic mass is 79.9. The topological polar surface area (TPSA) is 46.3 Å². The lowest BCUT2D eigenvalue weighted by Crippen LogP contribution is -2.40. The van der Waals surface area contributed by atoms with Crippen LogP contribution in [0.25, 0.3) is 0 Å². The number of carbonyl (C=O) groups excluding carboxylic acids is 1. The Morgan fingerprint density at radius 3 is 2.61 bits per heavy atom. The molecule has 0 saturated carbocycles. The first kappa shape index (κ1) is 15.2. The van der Waals surface area contributed by atoms with E-state index in [4.69, 9.17) is 5.73 Å². The van der Waals surface area contributed by atoms with Crippen molar-refractivity contribution in [3.63, 3.8) is 0 Å². The zero-order valence-corrected chi connectivity index (χ0v) is 13.0. The van der Waals surface area contributed by atoms with E-state index in [2.05, 4.69) is 29.8 Å². The summed E-state index contributed by atoms with van der Waals surface area (Å²) in [6.45, 7) is 7.27. The molecule has 1 rings (SSSR count). The minimum absolute atomic E-state index is 0.0373. The molecule has 0 saturated heterocycles. The van der Waals surface area contributed by atoms with Gasteiger partial charge in [-0.1, -0.05) is 35.8 Å². The van der Waals surface area contributed by atoms with Gasteiger partial charge in [0, 0.05) is 23.6 Å². The van der Waals surface area contributed by atoms with Crippen LogP contribution in [0.15, 0.2) is 22.7 Å². The molecule has 1 aromatic rings. The summed E-state index contributed by atoms with van der Waals surface area (Å²) < 4.78 is 0.958. The van der Waals surface area contributed by atoms with Crippen LogP contribution < -0.4 is 5.73 Å². The van der Waals surface area contributed by atoms with Gasteiger partial charge < -0.3 is 10.6 Å². The fraction of sp³-hybridized carbons (Fsp3) is 0.500. The molecule has 0 heterocycles. The Morgan fingerprint density at radius 1 is 1.44 bits per heavy atom. The second kappa shape index (κ2) is 5.85. The van der Waals surface area contributed by atoms with Crippen LogP contribution in [0.1, 0.15) is 29.8 Å². The van der Waals surface area contributed by atoms with Gasteiger partial charge in [0.05, 0.1) is 0 Å². The van der Waals surface area contributed by atoms with Crippen LogP contribution in [0.3, 0.4) is 0 Å². The molecule has 0 aliphatic carbocycles. The first-order valence-electron chi connectivity index (χ1n) is 5.99. The lowest BCUT2D eigenvalue weighted by atomic mass is 9.93. The molecule has 2 N–H and O–H groups in total. The van der Waals surface area contributed by atoms with Gasteiger partial charge in [-0.2, -0.15) is 0 Å². The van der Waals surface area contributed by atoms with Crippen LogP contribution in [0.5, 0.6) is 0 Å². The van der Waals surface area contributed by atoms with E-state index < -0.39 is 0 Å². The molecule has 0 radical (unpaired) electrons. The van der Waals surface area contributed by atoms with E-state index in [0.717, 1.165) is 15.6 Å². The summed E-state index contributed by atoms with van der Waals surface area (Å²) in [7, 11) is 1.82. The summed E-state index contributed by atoms with van der Waals surface area (Å²) in [6, 6.07) is 5.68. The van der Waals surface area contributed by atoms with E-state index >= 15 is 0 Å². The van der Waals surface area contributed by atoms with E-state index in [-0.39, 0.29) is 11.3 Å². The van der Waals surface area contributed by atoms with Gasteiger partial charge in [-0.3, -0.25) is 4.79 Å². The molecule has 18 heavy (non-hydrogen) atoms. The van der Waals surface area contributed by atoms with Crippen molar-refractivity contribution in [2.45, 2.75) is 20.8 Å². The molecule has 0 aromatic heterocycles. The van der Waals surface area contributed by atoms with Crippen molar-refractivity contribution in [2.75, 3.05) is 20.1 Å². The van der Waals surface area contributed by atoms with Crippen molar-refractivity contribution in [1.82, 2.24) is 4.90 Å². The quantitative estimate of drug-likeness (QED) is 0.929. The predicted molar refractivity (Wildman–Crippen MR) is 78.7 cm³/mol. The highest BCUT2D eigenvalue weighted by Crippen LogP contribution is 2.22. The van der Waals surface area contributed by atoms with E-state index in [0.29, 0.717) is 13.1 Å². The third kappa shape index (κ3) is 3.56. The monoisotopic (exact) mass is 312 g/mol. The molecule has 0 aliphatic heterocycles. The van der Waals surface area contributed by atoms with E-state index in [9.17, 15) is 4.79 Å². The summed E-state index contributed by atoms with van der Waals surface area (Å²) in [5.41, 5.74) is 7.34. The molecule has 0 fully saturated rings. The number of benzene rings is 1. The summed E-state index contributed by atoms with van der Waals surface area (Å²) in [4.78, 5) is 14.1. The zero-order chi connectivity index (χ0) is 13.9. The van der Waals surface area contributed by atoms with Crippen molar-refractivity contribution < 1.29 is 4.79 Å². The van der Waals surface area contributed by atoms with Crippen molar-refractivity contribution in [3.05, 3.63) is 33.8 Å². The predicted octanol–water partition coefficient (Wildman–Crippen LogP) is 2.81. The van der Waals surface area contributed by atoms with Gasteiger partial charge in [-0.25, -0.2) is 0 Å². The van der Waals surface area contributed by atoms with Crippen LogP contribution in [-0.4, -0.2) is 30.9 Å². The zero-order valence-electron chi connectivity index (χ0n) is 11.5. The molecule has 1 amide bonds. The molecule has 100 valence electrons. The smallest absolute Gasteiger partial charge is 0.253 e. The second-order valence-electron chi connectivity index (χ2n) is 5.44. The van der Waals surface area contributed by atoms with Crippen molar-refractivity contribution in [1.29, 1.82) is 0 Å². The molecule has 3 nitrogen and oxygen atoms in total. The number of nitrogens with two attached hydrogens (primary N) is 1. The van der Waals surface area contributed by atoms with E-state index in [1.807, 2.05) is 32.2 Å². The SMILES string of the molecule is Cc1c(Br)cccc1C(=O)N(C)CC(C)(C)CN. The molecule has 0 atom stereocenters. The van der Waals surface area contributed by atoms with Crippen molar-refractivity contribution in [2.24, 2.45) is 11.1 Å². The third-order valence-corrected chi connectivity index (χ3v) is 3.92. The molecule has 0 spiro atoms. The fourth-order valence-electron chi connectivity index (χ4n) is 1.82. The molecule has 1 aromatic carbocycles. The average molecular weight is 313 g/mol. The number of hydrogen-bond donors (Lipinski definition) is 1. The van der Waals surface area contributed by atoms with Gasteiger partial charge in [0.1, 0.15) is 0 Å². The Labute approximate surface area is 117 Å². The Bertz CT molecular complexity index is 443. The maximum absolute atomic E-state index is 12.4. The number of carbonyl (C=O) groups is 1. The highest BCUT2D eigenvalue weighted by Gasteiger charge is 2.22. The minimum atomic E-state index is -0.0652. The number of hydrogen-bond acceptors (Lipinski definition) is 2. The molecular weight excluding hydrogens is 292 g/mol. The third-order valence-electron chi connectivity index (χ3n) is 3.06. The lowest BCUT2D eigenvalue weighted by Gasteiger charge is -2.29. The van der Waals surface area contributed by atoms with Gasteiger partial charge in [-0.05, 0) is 36.6 Å². The van der Waals surface area contributed by atoms with Crippen LogP contribution >= 0.6 is 15.9 Å². The Balaban J connectivity index is 2.91. The minimum Gasteiger partial charge on any atom is -0.341 e. The summed E-state index contributed by atoms with van der Waals surface area (Å²) in [5, 5.41) is 0. The molecule has 0 bridgehead atoms. The van der Waals surface area contributed by atoms with E-state index in [1.54, 1.807) is 4.90 Å². The van der Waals surface area contributed by atoms with Crippen molar-refractivity contribution in [3.8, 4) is 0 Å².